The van der Waals surface area contributed by atoms with Gasteiger partial charge in [0.25, 0.3) is 0 Å². The zero-order chi connectivity index (χ0) is 10.7. The van der Waals surface area contributed by atoms with Crippen molar-refractivity contribution in [3.8, 4) is 0 Å². The van der Waals surface area contributed by atoms with Gasteiger partial charge in [-0.25, -0.2) is 5.01 Å². The first-order valence-corrected chi connectivity index (χ1v) is 5.05. The van der Waals surface area contributed by atoms with Gasteiger partial charge in [0, 0.05) is 19.5 Å². The lowest BCUT2D eigenvalue weighted by Crippen LogP contribution is -2.43. The fourth-order valence-electron chi connectivity index (χ4n) is 1.62. The molecule has 0 aromatic carbocycles. The number of hydrogen-bond donors (Lipinski definition) is 0. The molecule has 0 aromatic heterocycles. The maximum atomic E-state index is 11.5. The van der Waals surface area contributed by atoms with Crippen molar-refractivity contribution in [3.05, 3.63) is 0 Å². The molecule has 1 aliphatic heterocycles. The second-order valence-corrected chi connectivity index (χ2v) is 4.21. The van der Waals surface area contributed by atoms with Crippen molar-refractivity contribution >= 4 is 11.7 Å². The summed E-state index contributed by atoms with van der Waals surface area (Å²) in [5.41, 5.74) is 0. The number of hydrogen-bond acceptors (Lipinski definition) is 3. The van der Waals surface area contributed by atoms with E-state index in [0.717, 1.165) is 0 Å². The molecule has 1 saturated heterocycles. The summed E-state index contributed by atoms with van der Waals surface area (Å²) in [5, 5.41) is 3.57. The summed E-state index contributed by atoms with van der Waals surface area (Å²) >= 11 is 0. The number of hydrazine groups is 1. The van der Waals surface area contributed by atoms with Crippen molar-refractivity contribution in [3.63, 3.8) is 0 Å². The van der Waals surface area contributed by atoms with E-state index in [9.17, 15) is 9.59 Å². The lowest BCUT2D eigenvalue weighted by molar-refractivity contribution is -0.140. The summed E-state index contributed by atoms with van der Waals surface area (Å²) in [6.45, 7) is 7.45. The SMILES string of the molecule is CC(=O)CN1CCC(=O)N1CC(C)C. The zero-order valence-electron chi connectivity index (χ0n) is 9.12. The van der Waals surface area contributed by atoms with Crippen molar-refractivity contribution < 1.29 is 9.59 Å². The first-order valence-electron chi connectivity index (χ1n) is 5.05. The molecule has 0 bridgehead atoms. The van der Waals surface area contributed by atoms with Crippen LogP contribution >= 0.6 is 0 Å². The summed E-state index contributed by atoms with van der Waals surface area (Å²) in [7, 11) is 0. The Hall–Kier alpha value is -0.900. The first-order chi connectivity index (χ1) is 6.50. The predicted octanol–water partition coefficient (Wildman–Crippen LogP) is 0.681. The van der Waals surface area contributed by atoms with Gasteiger partial charge in [0.2, 0.25) is 5.91 Å². The summed E-state index contributed by atoms with van der Waals surface area (Å²) in [4.78, 5) is 22.4. The molecule has 1 aliphatic rings. The van der Waals surface area contributed by atoms with E-state index in [1.807, 2.05) is 5.01 Å². The number of ketones is 1. The first kappa shape index (κ1) is 11.2. The van der Waals surface area contributed by atoms with E-state index in [-0.39, 0.29) is 11.7 Å². The third kappa shape index (κ3) is 2.80. The van der Waals surface area contributed by atoms with Crippen LogP contribution in [0, 0.1) is 5.92 Å². The molecule has 0 saturated carbocycles. The molecule has 0 spiro atoms. The minimum Gasteiger partial charge on any atom is -0.298 e. The van der Waals surface area contributed by atoms with Crippen LogP contribution in [0.25, 0.3) is 0 Å². The van der Waals surface area contributed by atoms with Gasteiger partial charge in [0.05, 0.1) is 6.54 Å². The number of Topliss-reactive ketones (excluding diaryl/α,β-unsaturated/α-hetero) is 1. The zero-order valence-corrected chi connectivity index (χ0v) is 9.12. The largest absolute Gasteiger partial charge is 0.298 e. The minimum absolute atomic E-state index is 0.105. The van der Waals surface area contributed by atoms with Crippen LogP contribution in [0.2, 0.25) is 0 Å². The summed E-state index contributed by atoms with van der Waals surface area (Å²) in [5.74, 6) is 0.680. The molecule has 0 radical (unpaired) electrons. The molecule has 0 aliphatic carbocycles. The van der Waals surface area contributed by atoms with E-state index in [1.165, 1.54) is 0 Å². The monoisotopic (exact) mass is 198 g/mol. The van der Waals surface area contributed by atoms with Crippen LogP contribution in [0.5, 0.6) is 0 Å². The second kappa shape index (κ2) is 4.55. The molecule has 1 amide bonds. The number of carbonyl (C=O) groups excluding carboxylic acids is 2. The van der Waals surface area contributed by atoms with Gasteiger partial charge in [0.1, 0.15) is 5.78 Å². The van der Waals surface area contributed by atoms with Gasteiger partial charge in [-0.15, -0.1) is 0 Å². The fraction of sp³-hybridized carbons (Fsp3) is 0.800. The Kier molecular flexibility index (Phi) is 3.63. The highest BCUT2D eigenvalue weighted by molar-refractivity contribution is 5.81. The highest BCUT2D eigenvalue weighted by Gasteiger charge is 2.29. The second-order valence-electron chi connectivity index (χ2n) is 4.21. The number of carbonyl (C=O) groups is 2. The molecule has 4 nitrogen and oxygen atoms in total. The van der Waals surface area contributed by atoms with Crippen molar-refractivity contribution in [2.24, 2.45) is 5.92 Å². The van der Waals surface area contributed by atoms with Crippen LogP contribution in [-0.2, 0) is 9.59 Å². The van der Waals surface area contributed by atoms with Crippen molar-refractivity contribution in [2.45, 2.75) is 27.2 Å². The molecule has 1 rings (SSSR count). The third-order valence-electron chi connectivity index (χ3n) is 2.16. The van der Waals surface area contributed by atoms with Gasteiger partial charge in [-0.3, -0.25) is 14.6 Å². The van der Waals surface area contributed by atoms with E-state index in [0.29, 0.717) is 32.0 Å². The number of rotatable bonds is 4. The Labute approximate surface area is 84.8 Å². The summed E-state index contributed by atoms with van der Waals surface area (Å²) < 4.78 is 0. The molecule has 80 valence electrons. The van der Waals surface area contributed by atoms with Crippen molar-refractivity contribution in [1.82, 2.24) is 10.0 Å². The normalized spacial score (nSPS) is 18.3. The molecule has 1 heterocycles. The summed E-state index contributed by atoms with van der Waals surface area (Å²) in [6.07, 6.45) is 0.542. The lowest BCUT2D eigenvalue weighted by atomic mass is 10.2. The van der Waals surface area contributed by atoms with Gasteiger partial charge >= 0.3 is 0 Å². The number of nitrogens with zero attached hydrogens (tertiary/aromatic N) is 2. The van der Waals surface area contributed by atoms with Gasteiger partial charge in [-0.2, -0.15) is 0 Å². The smallest absolute Gasteiger partial charge is 0.238 e. The molecule has 14 heavy (non-hydrogen) atoms. The van der Waals surface area contributed by atoms with E-state index >= 15 is 0 Å². The van der Waals surface area contributed by atoms with Crippen LogP contribution in [0.4, 0.5) is 0 Å². The van der Waals surface area contributed by atoms with Gasteiger partial charge < -0.3 is 0 Å². The number of amides is 1. The molecule has 4 heteroatoms. The third-order valence-corrected chi connectivity index (χ3v) is 2.16. The van der Waals surface area contributed by atoms with Crippen LogP contribution in [0.15, 0.2) is 0 Å². The highest BCUT2D eigenvalue weighted by atomic mass is 16.2. The molecular weight excluding hydrogens is 180 g/mol. The van der Waals surface area contributed by atoms with Crippen molar-refractivity contribution in [1.29, 1.82) is 0 Å². The van der Waals surface area contributed by atoms with Crippen LogP contribution in [0.1, 0.15) is 27.2 Å². The Morgan fingerprint density at radius 2 is 2.14 bits per heavy atom. The maximum absolute atomic E-state index is 11.5. The molecule has 0 atom stereocenters. The Bertz CT molecular complexity index is 238. The average molecular weight is 198 g/mol. The molecule has 0 unspecified atom stereocenters. The Morgan fingerprint density at radius 3 is 2.64 bits per heavy atom. The van der Waals surface area contributed by atoms with Gasteiger partial charge in [0.15, 0.2) is 0 Å². The minimum atomic E-state index is 0.105. The predicted molar refractivity (Wildman–Crippen MR) is 53.4 cm³/mol. The Balaban J connectivity index is 2.57. The fourth-order valence-corrected chi connectivity index (χ4v) is 1.62. The van der Waals surface area contributed by atoms with Gasteiger partial charge in [-0.05, 0) is 12.8 Å². The Morgan fingerprint density at radius 1 is 1.50 bits per heavy atom. The lowest BCUT2D eigenvalue weighted by Gasteiger charge is -2.28. The maximum Gasteiger partial charge on any atom is 0.238 e. The van der Waals surface area contributed by atoms with E-state index in [4.69, 9.17) is 0 Å². The highest BCUT2D eigenvalue weighted by Crippen LogP contribution is 2.13. The molecule has 1 fully saturated rings. The standard InChI is InChI=1S/C10H18N2O2/c1-8(2)6-12-10(14)4-5-11(12)7-9(3)13/h8H,4-7H2,1-3H3. The molecule has 0 aromatic rings. The average Bonchev–Trinajstić information content (AvgIpc) is 2.34. The quantitative estimate of drug-likeness (QED) is 0.667. The van der Waals surface area contributed by atoms with Gasteiger partial charge in [-0.1, -0.05) is 13.8 Å². The molecule has 0 N–H and O–H groups in total. The van der Waals surface area contributed by atoms with E-state index < -0.39 is 0 Å². The topological polar surface area (TPSA) is 40.6 Å². The molecular formula is C10H18N2O2. The van der Waals surface area contributed by atoms with Crippen LogP contribution in [0.3, 0.4) is 0 Å². The van der Waals surface area contributed by atoms with E-state index in [1.54, 1.807) is 11.9 Å². The van der Waals surface area contributed by atoms with Crippen LogP contribution < -0.4 is 0 Å². The summed E-state index contributed by atoms with van der Waals surface area (Å²) in [6, 6.07) is 0. The van der Waals surface area contributed by atoms with Crippen LogP contribution in [-0.4, -0.2) is 41.3 Å². The van der Waals surface area contributed by atoms with E-state index in [2.05, 4.69) is 13.8 Å². The van der Waals surface area contributed by atoms with Crippen molar-refractivity contribution in [2.75, 3.05) is 19.6 Å².